The van der Waals surface area contributed by atoms with E-state index in [9.17, 15) is 44.0 Å². The molecule has 0 aliphatic rings. The number of rotatable bonds is 44. The normalized spacial score (nSPS) is 15.2. The van der Waals surface area contributed by atoms with Crippen LogP contribution in [0.15, 0.2) is 36.4 Å². The van der Waals surface area contributed by atoms with Crippen LogP contribution in [0.2, 0.25) is 0 Å². The van der Waals surface area contributed by atoms with Crippen molar-refractivity contribution in [3.05, 3.63) is 86.5 Å². The Morgan fingerprint density at radius 1 is 0.295 bits per heavy atom. The van der Waals surface area contributed by atoms with E-state index in [0.717, 1.165) is 91.2 Å². The molecule has 0 amide bonds. The molecule has 0 bridgehead atoms. The van der Waals surface area contributed by atoms with Crippen LogP contribution in [-0.2, 0) is 16.2 Å². The average molecular weight is 1290 g/mol. The molecule has 1 unspecified atom stereocenters. The summed E-state index contributed by atoms with van der Waals surface area (Å²) in [6, 6.07) is 11.8. The first-order valence-corrected chi connectivity index (χ1v) is 42.9. The number of aryl methyl sites for hydroxylation is 3. The molecule has 0 aliphatic heterocycles. The van der Waals surface area contributed by atoms with Gasteiger partial charge in [-0.15, -0.1) is 0 Å². The Labute approximate surface area is 541 Å². The first-order valence-electron chi connectivity index (χ1n) is 36.0. The van der Waals surface area contributed by atoms with E-state index in [1.54, 1.807) is 0 Å². The third-order valence-electron chi connectivity index (χ3n) is 19.4. The van der Waals surface area contributed by atoms with E-state index in [0.29, 0.717) is 42.4 Å². The van der Waals surface area contributed by atoms with Crippen molar-refractivity contribution in [1.82, 2.24) is 0 Å². The van der Waals surface area contributed by atoms with Gasteiger partial charge in [-0.05, 0) is 0 Å². The van der Waals surface area contributed by atoms with Crippen molar-refractivity contribution in [2.45, 2.75) is 357 Å². The second-order valence-electron chi connectivity index (χ2n) is 31.3. The van der Waals surface area contributed by atoms with Gasteiger partial charge in [0.1, 0.15) is 0 Å². The SMILES string of the molecule is CCCCCCCCCCCCCP(O)(O)(O)c1cc(C)c(C(C)CC(c2cc(C(C)(C)C)c(P(O)(O)(O)CCCCCCCCCCCCC)cc2C)c2cc(C(C)(C)C)c(P(O)(O)(O)CCCCCCCCCCCCC)cc2C)cc1C(C)(C)C. The molecule has 3 rings (SSSR count). The molecule has 0 spiro atoms. The summed E-state index contributed by atoms with van der Waals surface area (Å²) in [6.45, 7) is 33.3. The van der Waals surface area contributed by atoms with E-state index in [1.165, 1.54) is 135 Å². The number of benzene rings is 3. The first kappa shape index (κ1) is 80.8. The molecule has 0 saturated heterocycles. The quantitative estimate of drug-likeness (QED) is 0.0197. The Hall–Kier alpha value is -1.41. The zero-order chi connectivity index (χ0) is 66.3. The zero-order valence-electron chi connectivity index (χ0n) is 59.6. The fourth-order valence-electron chi connectivity index (χ4n) is 13.8. The Morgan fingerprint density at radius 2 is 0.489 bits per heavy atom. The van der Waals surface area contributed by atoms with Gasteiger partial charge in [0.05, 0.1) is 0 Å². The Kier molecular flexibility index (Phi) is 32.5. The van der Waals surface area contributed by atoms with Crippen LogP contribution in [0.1, 0.15) is 370 Å². The second kappa shape index (κ2) is 35.4. The van der Waals surface area contributed by atoms with Crippen molar-refractivity contribution in [1.29, 1.82) is 0 Å². The summed E-state index contributed by atoms with van der Waals surface area (Å²) in [7, 11) is -16.2. The van der Waals surface area contributed by atoms with Crippen molar-refractivity contribution in [3.8, 4) is 0 Å². The molecule has 9 nitrogen and oxygen atoms in total. The molecule has 3 aromatic rings. The molecule has 1 atom stereocenters. The van der Waals surface area contributed by atoms with Gasteiger partial charge in [0, 0.05) is 0 Å². The molecule has 0 saturated carbocycles. The van der Waals surface area contributed by atoms with Crippen molar-refractivity contribution >= 4 is 37.8 Å². The van der Waals surface area contributed by atoms with E-state index >= 15 is 0 Å². The van der Waals surface area contributed by atoms with Gasteiger partial charge in [-0.1, -0.05) is 20.8 Å². The molecule has 88 heavy (non-hydrogen) atoms. The van der Waals surface area contributed by atoms with Gasteiger partial charge in [-0.25, -0.2) is 0 Å². The fourth-order valence-corrected chi connectivity index (χ4v) is 21.0. The summed E-state index contributed by atoms with van der Waals surface area (Å²) in [6.07, 6.45) is 36.8. The van der Waals surface area contributed by atoms with Gasteiger partial charge in [0.15, 0.2) is 0 Å². The zero-order valence-corrected chi connectivity index (χ0v) is 62.3. The van der Waals surface area contributed by atoms with Crippen LogP contribution in [0.25, 0.3) is 0 Å². The molecule has 0 heterocycles. The summed E-state index contributed by atoms with van der Waals surface area (Å²) in [5.41, 5.74) is 5.52. The summed E-state index contributed by atoms with van der Waals surface area (Å²) >= 11 is 0. The predicted molar refractivity (Wildman–Crippen MR) is 388 cm³/mol. The Balaban J connectivity index is 2.20. The Bertz CT molecular complexity index is 2410. The minimum atomic E-state index is -5.42. The molecule has 0 radical (unpaired) electrons. The van der Waals surface area contributed by atoms with Crippen LogP contribution in [0.4, 0.5) is 0 Å². The summed E-state index contributed by atoms with van der Waals surface area (Å²) in [4.78, 5) is 111. The molecular formula is C76H139O9P3. The molecule has 0 aliphatic carbocycles. The first-order chi connectivity index (χ1) is 40.8. The molecular weight excluding hydrogens is 1150 g/mol. The molecule has 12 heteroatoms. The number of hydrogen-bond donors (Lipinski definition) is 9. The second-order valence-corrected chi connectivity index (χ2v) is 41.0. The monoisotopic (exact) mass is 1290 g/mol. The van der Waals surface area contributed by atoms with Crippen molar-refractivity contribution < 1.29 is 44.0 Å². The van der Waals surface area contributed by atoms with Gasteiger partial charge < -0.3 is 0 Å². The molecule has 512 valence electrons. The molecule has 9 N–H and O–H groups in total. The molecule has 3 aromatic carbocycles. The fraction of sp³-hybridized carbons (Fsp3) is 0.763. The number of hydrogen-bond acceptors (Lipinski definition) is 9. The third kappa shape index (κ3) is 26.4. The van der Waals surface area contributed by atoms with Crippen molar-refractivity contribution in [2.75, 3.05) is 18.5 Å². The summed E-state index contributed by atoms with van der Waals surface area (Å²) in [5.74, 6) is -0.528. The van der Waals surface area contributed by atoms with Crippen LogP contribution in [0.3, 0.4) is 0 Å². The van der Waals surface area contributed by atoms with E-state index in [1.807, 2.05) is 80.5 Å². The van der Waals surface area contributed by atoms with Crippen LogP contribution < -0.4 is 15.9 Å². The molecule has 0 fully saturated rings. The topological polar surface area (TPSA) is 182 Å². The van der Waals surface area contributed by atoms with E-state index in [2.05, 4.69) is 66.7 Å². The van der Waals surface area contributed by atoms with Crippen LogP contribution in [-0.4, -0.2) is 62.5 Å². The molecule has 0 aromatic heterocycles. The minimum absolute atomic E-state index is 0.0860. The maximum atomic E-state index is 12.3. The van der Waals surface area contributed by atoms with E-state index < -0.39 is 38.1 Å². The van der Waals surface area contributed by atoms with E-state index in [4.69, 9.17) is 0 Å². The van der Waals surface area contributed by atoms with Gasteiger partial charge in [-0.2, -0.15) is 0 Å². The third-order valence-corrected chi connectivity index (χ3v) is 26.9. The Morgan fingerprint density at radius 3 is 0.705 bits per heavy atom. The van der Waals surface area contributed by atoms with Crippen LogP contribution >= 0.6 is 21.9 Å². The standard InChI is InChI=1S/C76H139O9P3/c1-17-20-23-26-29-32-35-38-41-44-47-50-86(77,78,79)71-54-61(5)64(57-68(71)74(8,9)10)60(4)53-67(65-58-69(75(11,12)13)72(55-62(65)6)87(80,81,82)51-48-45-42-39-36-33-30-27-24-21-18-2)66-59-70(76(14,15)16)73(56-63(66)7)88(83,84,85)52-49-46-43-40-37-34-31-28-25-22-19-3/h54-60,67,77-85H,17-53H2,1-16H3. The predicted octanol–water partition coefficient (Wildman–Crippen LogP) is 20.5. The van der Waals surface area contributed by atoms with Crippen molar-refractivity contribution in [3.63, 3.8) is 0 Å². The maximum absolute atomic E-state index is 12.3. The average Bonchev–Trinajstić information content (AvgIpc) is 0.755. The van der Waals surface area contributed by atoms with Crippen LogP contribution in [0, 0.1) is 20.8 Å². The van der Waals surface area contributed by atoms with Gasteiger partial charge in [0.25, 0.3) is 0 Å². The van der Waals surface area contributed by atoms with E-state index in [-0.39, 0.29) is 46.2 Å². The van der Waals surface area contributed by atoms with Gasteiger partial charge >= 0.3 is 523 Å². The summed E-state index contributed by atoms with van der Waals surface area (Å²) in [5, 5.41) is 0.639. The van der Waals surface area contributed by atoms with Crippen LogP contribution in [0.5, 0.6) is 0 Å². The van der Waals surface area contributed by atoms with Crippen molar-refractivity contribution in [2.24, 2.45) is 0 Å². The summed E-state index contributed by atoms with van der Waals surface area (Å²) < 4.78 is 0. The van der Waals surface area contributed by atoms with Gasteiger partial charge in [-0.3, -0.25) is 0 Å². The number of unbranched alkanes of at least 4 members (excludes halogenated alkanes) is 30. The van der Waals surface area contributed by atoms with Gasteiger partial charge in [0.2, 0.25) is 0 Å².